The number of amides is 1. The molecular formula is C17H18N4O3S. The summed E-state index contributed by atoms with van der Waals surface area (Å²) in [5, 5.41) is 11.5. The van der Waals surface area contributed by atoms with E-state index < -0.39 is 0 Å². The van der Waals surface area contributed by atoms with E-state index in [4.69, 9.17) is 4.42 Å². The fourth-order valence-electron chi connectivity index (χ4n) is 3.19. The molecule has 1 N–H and O–H groups in total. The molecule has 7 nitrogen and oxygen atoms in total. The quantitative estimate of drug-likeness (QED) is 0.769. The maximum absolute atomic E-state index is 12.8. The summed E-state index contributed by atoms with van der Waals surface area (Å²) in [7, 11) is 0. The Balaban J connectivity index is 1.57. The molecule has 25 heavy (non-hydrogen) atoms. The zero-order valence-electron chi connectivity index (χ0n) is 13.8. The van der Waals surface area contributed by atoms with Gasteiger partial charge >= 0.3 is 0 Å². The Labute approximate surface area is 147 Å². The molecule has 0 unspecified atom stereocenters. The topological polar surface area (TPSA) is 90.0 Å². The number of fused-ring (bicyclic) bond motifs is 3. The average Bonchev–Trinajstić information content (AvgIpc) is 3.22. The van der Waals surface area contributed by atoms with Gasteiger partial charge in [-0.05, 0) is 42.9 Å². The highest BCUT2D eigenvalue weighted by atomic mass is 32.1. The molecule has 130 valence electrons. The molecule has 3 heterocycles. The number of aromatic nitrogens is 3. The van der Waals surface area contributed by atoms with Gasteiger partial charge in [-0.2, -0.15) is 0 Å². The van der Waals surface area contributed by atoms with Crippen LogP contribution in [-0.2, 0) is 30.7 Å². The van der Waals surface area contributed by atoms with Gasteiger partial charge in [0.1, 0.15) is 12.3 Å². The molecule has 1 aliphatic rings. The monoisotopic (exact) mass is 358 g/mol. The van der Waals surface area contributed by atoms with Crippen LogP contribution >= 0.6 is 11.3 Å². The molecule has 0 saturated carbocycles. The minimum atomic E-state index is -0.301. The highest BCUT2D eigenvalue weighted by molar-refractivity contribution is 7.18. The van der Waals surface area contributed by atoms with Gasteiger partial charge in [0.05, 0.1) is 18.2 Å². The molecule has 0 aromatic carbocycles. The van der Waals surface area contributed by atoms with Gasteiger partial charge in [-0.3, -0.25) is 9.59 Å². The van der Waals surface area contributed by atoms with Gasteiger partial charge in [-0.15, -0.1) is 16.4 Å². The van der Waals surface area contributed by atoms with Gasteiger partial charge in [-0.25, -0.2) is 4.68 Å². The fourth-order valence-corrected chi connectivity index (χ4v) is 4.50. The minimum Gasteiger partial charge on any atom is -0.467 e. The summed E-state index contributed by atoms with van der Waals surface area (Å²) >= 11 is 1.55. The number of hydrogen-bond acceptors (Lipinski definition) is 6. The summed E-state index contributed by atoms with van der Waals surface area (Å²) in [4.78, 5) is 26.8. The SMILES string of the molecule is C[C@H]1CCc2c(sc3nnn(CC(=O)NCc4ccco4)c(=O)c23)C1. The van der Waals surface area contributed by atoms with Crippen molar-refractivity contribution in [2.24, 2.45) is 5.92 Å². The summed E-state index contributed by atoms with van der Waals surface area (Å²) < 4.78 is 6.31. The number of carbonyl (C=O) groups excluding carboxylic acids is 1. The van der Waals surface area contributed by atoms with E-state index in [1.807, 2.05) is 0 Å². The Kier molecular flexibility index (Phi) is 4.12. The van der Waals surface area contributed by atoms with E-state index in [0.29, 0.717) is 21.9 Å². The number of hydrogen-bond donors (Lipinski definition) is 1. The van der Waals surface area contributed by atoms with Crippen molar-refractivity contribution in [3.05, 3.63) is 45.0 Å². The number of nitrogens with zero attached hydrogens (tertiary/aromatic N) is 3. The molecule has 1 amide bonds. The fraction of sp³-hybridized carbons (Fsp3) is 0.412. The molecule has 0 saturated heterocycles. The molecule has 3 aromatic heterocycles. The Hall–Kier alpha value is -2.48. The summed E-state index contributed by atoms with van der Waals surface area (Å²) in [5.74, 6) is 0.983. The van der Waals surface area contributed by atoms with Crippen LogP contribution in [-0.4, -0.2) is 20.9 Å². The molecule has 4 rings (SSSR count). The van der Waals surface area contributed by atoms with Crippen molar-refractivity contribution >= 4 is 27.5 Å². The van der Waals surface area contributed by atoms with Gasteiger partial charge in [0.2, 0.25) is 5.91 Å². The normalized spacial score (nSPS) is 16.8. The summed E-state index contributed by atoms with van der Waals surface area (Å²) in [6.07, 6.45) is 4.50. The maximum atomic E-state index is 12.8. The second kappa shape index (κ2) is 6.44. The van der Waals surface area contributed by atoms with Gasteiger partial charge < -0.3 is 9.73 Å². The maximum Gasteiger partial charge on any atom is 0.279 e. The molecule has 0 radical (unpaired) electrons. The van der Waals surface area contributed by atoms with Crippen molar-refractivity contribution in [2.75, 3.05) is 0 Å². The van der Waals surface area contributed by atoms with Crippen molar-refractivity contribution in [3.8, 4) is 0 Å². The number of furan rings is 1. The predicted molar refractivity (Wildman–Crippen MR) is 93.4 cm³/mol. The molecule has 1 aliphatic carbocycles. The number of carbonyl (C=O) groups is 1. The van der Waals surface area contributed by atoms with Crippen molar-refractivity contribution < 1.29 is 9.21 Å². The van der Waals surface area contributed by atoms with Crippen LogP contribution < -0.4 is 10.9 Å². The molecule has 0 aliphatic heterocycles. The Morgan fingerprint density at radius 2 is 2.40 bits per heavy atom. The van der Waals surface area contributed by atoms with Crippen molar-refractivity contribution in [1.29, 1.82) is 0 Å². The lowest BCUT2D eigenvalue weighted by Crippen LogP contribution is -2.34. The first-order valence-corrected chi connectivity index (χ1v) is 9.10. The second-order valence-electron chi connectivity index (χ2n) is 6.44. The molecule has 8 heteroatoms. The van der Waals surface area contributed by atoms with Crippen LogP contribution in [0.5, 0.6) is 0 Å². The molecule has 0 spiro atoms. The minimum absolute atomic E-state index is 0.149. The molecule has 1 atom stereocenters. The smallest absolute Gasteiger partial charge is 0.279 e. The molecular weight excluding hydrogens is 340 g/mol. The van der Waals surface area contributed by atoms with Crippen molar-refractivity contribution in [3.63, 3.8) is 0 Å². The Bertz CT molecular complexity index is 974. The first-order chi connectivity index (χ1) is 12.1. The number of aryl methyl sites for hydroxylation is 1. The van der Waals surface area contributed by atoms with Crippen molar-refractivity contribution in [2.45, 2.75) is 39.3 Å². The lowest BCUT2D eigenvalue weighted by molar-refractivity contribution is -0.122. The van der Waals surface area contributed by atoms with Gasteiger partial charge in [0, 0.05) is 4.88 Å². The van der Waals surface area contributed by atoms with E-state index in [-0.39, 0.29) is 24.6 Å². The highest BCUT2D eigenvalue weighted by Gasteiger charge is 2.24. The third-order valence-corrected chi connectivity index (χ3v) is 5.66. The van der Waals surface area contributed by atoms with Crippen LogP contribution in [0.25, 0.3) is 10.2 Å². The first-order valence-electron chi connectivity index (χ1n) is 8.29. The van der Waals surface area contributed by atoms with Gasteiger partial charge in [0.15, 0.2) is 4.83 Å². The zero-order chi connectivity index (χ0) is 17.4. The van der Waals surface area contributed by atoms with Crippen LogP contribution in [0.3, 0.4) is 0 Å². The van der Waals surface area contributed by atoms with E-state index in [9.17, 15) is 9.59 Å². The Morgan fingerprint density at radius 1 is 1.52 bits per heavy atom. The summed E-state index contributed by atoms with van der Waals surface area (Å²) in [5.41, 5.74) is 0.868. The second-order valence-corrected chi connectivity index (χ2v) is 7.52. The van der Waals surface area contributed by atoms with Crippen LogP contribution in [0.1, 0.15) is 29.5 Å². The average molecular weight is 358 g/mol. The third-order valence-electron chi connectivity index (χ3n) is 4.52. The van der Waals surface area contributed by atoms with Crippen LogP contribution in [0.15, 0.2) is 27.6 Å². The van der Waals surface area contributed by atoms with Crippen LogP contribution in [0, 0.1) is 5.92 Å². The predicted octanol–water partition coefficient (Wildman–Crippen LogP) is 1.89. The van der Waals surface area contributed by atoms with E-state index in [0.717, 1.165) is 29.5 Å². The van der Waals surface area contributed by atoms with Crippen molar-refractivity contribution in [1.82, 2.24) is 20.3 Å². The van der Waals surface area contributed by atoms with Gasteiger partial charge in [0.25, 0.3) is 5.56 Å². The Morgan fingerprint density at radius 3 is 3.20 bits per heavy atom. The first kappa shape index (κ1) is 16.0. The van der Waals surface area contributed by atoms with E-state index in [2.05, 4.69) is 22.6 Å². The number of rotatable bonds is 4. The van der Waals surface area contributed by atoms with E-state index >= 15 is 0 Å². The van der Waals surface area contributed by atoms with Gasteiger partial charge in [-0.1, -0.05) is 12.1 Å². The highest BCUT2D eigenvalue weighted by Crippen LogP contribution is 2.35. The lowest BCUT2D eigenvalue weighted by Gasteiger charge is -2.17. The molecule has 3 aromatic rings. The molecule has 0 bridgehead atoms. The lowest BCUT2D eigenvalue weighted by atomic mass is 9.89. The molecule has 0 fully saturated rings. The van der Waals surface area contributed by atoms with E-state index in [1.165, 1.54) is 4.88 Å². The third kappa shape index (κ3) is 3.09. The summed E-state index contributed by atoms with van der Waals surface area (Å²) in [6.45, 7) is 2.35. The standard InChI is InChI=1S/C17H18N4O3S/c1-10-4-5-12-13(7-10)25-16-15(12)17(23)21(20-19-16)9-14(22)18-8-11-3-2-6-24-11/h2-3,6,10H,4-5,7-9H2,1H3,(H,18,22)/t10-/m0/s1. The van der Waals surface area contributed by atoms with Crippen LogP contribution in [0.4, 0.5) is 0 Å². The zero-order valence-corrected chi connectivity index (χ0v) is 14.6. The number of thiophene rings is 1. The van der Waals surface area contributed by atoms with E-state index in [1.54, 1.807) is 29.7 Å². The van der Waals surface area contributed by atoms with Crippen LogP contribution in [0.2, 0.25) is 0 Å². The largest absolute Gasteiger partial charge is 0.467 e. The number of nitrogens with one attached hydrogen (secondary N) is 1. The summed E-state index contributed by atoms with van der Waals surface area (Å²) in [6, 6.07) is 3.53.